The van der Waals surface area contributed by atoms with Gasteiger partial charge in [-0.2, -0.15) is 0 Å². The van der Waals surface area contributed by atoms with Crippen LogP contribution in [0.2, 0.25) is 0 Å². The van der Waals surface area contributed by atoms with Gasteiger partial charge in [0.15, 0.2) is 0 Å². The van der Waals surface area contributed by atoms with Gasteiger partial charge in [0, 0.05) is 12.6 Å². The molecule has 0 aromatic rings. The molecule has 0 spiro atoms. The monoisotopic (exact) mass is 157 g/mol. The van der Waals surface area contributed by atoms with Gasteiger partial charge in [0.05, 0.1) is 6.10 Å². The molecule has 1 saturated heterocycles. The molecule has 0 aromatic heterocycles. The van der Waals surface area contributed by atoms with Crippen molar-refractivity contribution >= 4 is 6.09 Å². The van der Waals surface area contributed by atoms with Crippen LogP contribution in [0, 0.1) is 5.92 Å². The van der Waals surface area contributed by atoms with Crippen molar-refractivity contribution in [2.75, 3.05) is 6.54 Å². The number of rotatable bonds is 0. The molecule has 2 aliphatic rings. The predicted octanol–water partition coefficient (Wildman–Crippen LogP) is 0.119. The number of carboxylic acid groups (broad SMARTS) is 1. The highest BCUT2D eigenvalue weighted by Gasteiger charge is 2.47. The summed E-state index contributed by atoms with van der Waals surface area (Å²) in [4.78, 5) is 11.9. The zero-order valence-corrected chi connectivity index (χ0v) is 6.10. The van der Waals surface area contributed by atoms with Gasteiger partial charge in [0.1, 0.15) is 0 Å². The van der Waals surface area contributed by atoms with Gasteiger partial charge in [-0.15, -0.1) is 0 Å². The van der Waals surface area contributed by atoms with Crippen LogP contribution >= 0.6 is 0 Å². The van der Waals surface area contributed by atoms with Gasteiger partial charge >= 0.3 is 6.09 Å². The number of fused-ring (bicyclic) bond motifs is 1. The van der Waals surface area contributed by atoms with Crippen LogP contribution in [-0.2, 0) is 0 Å². The van der Waals surface area contributed by atoms with E-state index in [4.69, 9.17) is 5.11 Å². The molecular weight excluding hydrogens is 146 g/mol. The fourth-order valence-electron chi connectivity index (χ4n) is 2.12. The van der Waals surface area contributed by atoms with Crippen LogP contribution in [-0.4, -0.2) is 39.9 Å². The fourth-order valence-corrected chi connectivity index (χ4v) is 2.12. The molecule has 11 heavy (non-hydrogen) atoms. The number of amides is 1. The SMILES string of the molecule is O=C(O)N1C[C@H]2CC(O)C[C@H]21. The van der Waals surface area contributed by atoms with E-state index in [2.05, 4.69) is 0 Å². The molecule has 1 aliphatic heterocycles. The maximum atomic E-state index is 10.5. The highest BCUT2D eigenvalue weighted by molar-refractivity contribution is 5.66. The average molecular weight is 157 g/mol. The van der Waals surface area contributed by atoms with Crippen LogP contribution in [0.1, 0.15) is 12.8 Å². The van der Waals surface area contributed by atoms with Crippen molar-refractivity contribution in [2.24, 2.45) is 5.92 Å². The Hall–Kier alpha value is -0.770. The summed E-state index contributed by atoms with van der Waals surface area (Å²) in [5.74, 6) is 0.432. The number of hydrogen-bond acceptors (Lipinski definition) is 2. The molecule has 4 heteroatoms. The van der Waals surface area contributed by atoms with Crippen molar-refractivity contribution in [3.63, 3.8) is 0 Å². The van der Waals surface area contributed by atoms with Crippen molar-refractivity contribution in [2.45, 2.75) is 25.0 Å². The first kappa shape index (κ1) is 6.91. The Morgan fingerprint density at radius 2 is 2.18 bits per heavy atom. The van der Waals surface area contributed by atoms with Gasteiger partial charge in [-0.25, -0.2) is 4.79 Å². The van der Waals surface area contributed by atoms with Gasteiger partial charge in [-0.3, -0.25) is 0 Å². The van der Waals surface area contributed by atoms with Gasteiger partial charge < -0.3 is 15.1 Å². The van der Waals surface area contributed by atoms with E-state index in [1.807, 2.05) is 0 Å². The van der Waals surface area contributed by atoms with Gasteiger partial charge in [-0.1, -0.05) is 0 Å². The Labute approximate surface area is 64.4 Å². The Morgan fingerprint density at radius 3 is 2.73 bits per heavy atom. The second-order valence-electron chi connectivity index (χ2n) is 3.39. The highest BCUT2D eigenvalue weighted by atomic mass is 16.4. The van der Waals surface area contributed by atoms with Crippen LogP contribution in [0.3, 0.4) is 0 Å². The fraction of sp³-hybridized carbons (Fsp3) is 0.857. The Bertz CT molecular complexity index is 194. The Morgan fingerprint density at radius 1 is 1.45 bits per heavy atom. The molecule has 0 bridgehead atoms. The molecular formula is C7H11NO3. The third-order valence-electron chi connectivity index (χ3n) is 2.71. The third kappa shape index (κ3) is 0.894. The van der Waals surface area contributed by atoms with E-state index in [1.54, 1.807) is 0 Å². The van der Waals surface area contributed by atoms with E-state index in [9.17, 15) is 9.90 Å². The Balaban J connectivity index is 1.99. The summed E-state index contributed by atoms with van der Waals surface area (Å²) in [6, 6.07) is 0.113. The van der Waals surface area contributed by atoms with Gasteiger partial charge in [0.25, 0.3) is 0 Å². The zero-order valence-electron chi connectivity index (χ0n) is 6.10. The molecule has 1 saturated carbocycles. The summed E-state index contributed by atoms with van der Waals surface area (Å²) in [7, 11) is 0. The average Bonchev–Trinajstić information content (AvgIpc) is 2.13. The van der Waals surface area contributed by atoms with Crippen molar-refractivity contribution in [3.8, 4) is 0 Å². The molecule has 0 radical (unpaired) electrons. The molecule has 1 heterocycles. The van der Waals surface area contributed by atoms with E-state index in [0.717, 1.165) is 6.42 Å². The van der Waals surface area contributed by atoms with E-state index in [0.29, 0.717) is 18.9 Å². The Kier molecular flexibility index (Phi) is 1.32. The van der Waals surface area contributed by atoms with Crippen LogP contribution in [0.5, 0.6) is 0 Å². The van der Waals surface area contributed by atoms with E-state index < -0.39 is 6.09 Å². The molecule has 1 unspecified atom stereocenters. The number of carbonyl (C=O) groups is 1. The normalized spacial score (nSPS) is 41.5. The largest absolute Gasteiger partial charge is 0.465 e. The van der Waals surface area contributed by atoms with E-state index in [-0.39, 0.29) is 12.1 Å². The number of nitrogens with zero attached hydrogens (tertiary/aromatic N) is 1. The number of aliphatic hydroxyl groups is 1. The molecule has 0 aromatic carbocycles. The minimum atomic E-state index is -0.847. The number of aliphatic hydroxyl groups excluding tert-OH is 1. The minimum absolute atomic E-state index is 0.113. The predicted molar refractivity (Wildman–Crippen MR) is 37.2 cm³/mol. The summed E-state index contributed by atoms with van der Waals surface area (Å²) in [6.07, 6.45) is 0.306. The van der Waals surface area contributed by atoms with Crippen molar-refractivity contribution in [3.05, 3.63) is 0 Å². The first-order valence-corrected chi connectivity index (χ1v) is 3.86. The summed E-state index contributed by atoms with van der Waals surface area (Å²) in [5, 5.41) is 17.8. The van der Waals surface area contributed by atoms with Crippen LogP contribution in [0.4, 0.5) is 4.79 Å². The lowest BCUT2D eigenvalue weighted by atomic mass is 9.93. The summed E-state index contributed by atoms with van der Waals surface area (Å²) < 4.78 is 0. The lowest BCUT2D eigenvalue weighted by Gasteiger charge is -2.42. The van der Waals surface area contributed by atoms with Crippen LogP contribution in [0.25, 0.3) is 0 Å². The van der Waals surface area contributed by atoms with Crippen molar-refractivity contribution in [1.82, 2.24) is 4.90 Å². The van der Waals surface area contributed by atoms with Gasteiger partial charge in [0.2, 0.25) is 0 Å². The minimum Gasteiger partial charge on any atom is -0.465 e. The topological polar surface area (TPSA) is 60.8 Å². The summed E-state index contributed by atoms with van der Waals surface area (Å²) in [5.41, 5.74) is 0. The first-order chi connectivity index (χ1) is 5.18. The molecule has 2 rings (SSSR count). The number of hydrogen-bond donors (Lipinski definition) is 2. The van der Waals surface area contributed by atoms with Crippen molar-refractivity contribution in [1.29, 1.82) is 0 Å². The second-order valence-corrected chi connectivity index (χ2v) is 3.39. The number of likely N-dealkylation sites (tertiary alicyclic amines) is 1. The van der Waals surface area contributed by atoms with Gasteiger partial charge in [-0.05, 0) is 18.8 Å². The van der Waals surface area contributed by atoms with E-state index in [1.165, 1.54) is 4.90 Å². The van der Waals surface area contributed by atoms with Crippen LogP contribution in [0.15, 0.2) is 0 Å². The molecule has 2 N–H and O–H groups in total. The molecule has 4 nitrogen and oxygen atoms in total. The third-order valence-corrected chi connectivity index (χ3v) is 2.71. The standard InChI is InChI=1S/C7H11NO3/c9-5-1-4-3-8(7(10)11)6(4)2-5/h4-6,9H,1-3H2,(H,10,11)/t4-,5?,6-/m1/s1. The second kappa shape index (κ2) is 2.11. The molecule has 3 atom stereocenters. The molecule has 2 fully saturated rings. The quantitative estimate of drug-likeness (QED) is 0.525. The molecule has 62 valence electrons. The maximum absolute atomic E-state index is 10.5. The highest BCUT2D eigenvalue weighted by Crippen LogP contribution is 2.38. The maximum Gasteiger partial charge on any atom is 0.407 e. The van der Waals surface area contributed by atoms with Crippen LogP contribution < -0.4 is 0 Å². The van der Waals surface area contributed by atoms with Crippen molar-refractivity contribution < 1.29 is 15.0 Å². The smallest absolute Gasteiger partial charge is 0.407 e. The molecule has 1 amide bonds. The summed E-state index contributed by atoms with van der Waals surface area (Å²) >= 11 is 0. The summed E-state index contributed by atoms with van der Waals surface area (Å²) in [6.45, 7) is 0.622. The lowest BCUT2D eigenvalue weighted by molar-refractivity contribution is 0.0411. The molecule has 1 aliphatic carbocycles. The lowest BCUT2D eigenvalue weighted by Crippen LogP contribution is -2.55. The van der Waals surface area contributed by atoms with E-state index >= 15 is 0 Å². The zero-order chi connectivity index (χ0) is 8.01. The first-order valence-electron chi connectivity index (χ1n) is 3.86.